The van der Waals surface area contributed by atoms with Crippen molar-refractivity contribution in [2.75, 3.05) is 18.0 Å². The van der Waals surface area contributed by atoms with E-state index < -0.39 is 34.1 Å². The number of ether oxygens (including phenoxy) is 1. The molecule has 1 N–H and O–H groups in total. The number of methoxy groups -OCH3 is 1. The van der Waals surface area contributed by atoms with E-state index in [1.165, 1.54) is 30.2 Å². The number of anilines is 1. The SMILES string of the molecule is COc1ccc(S(=O)(=O)N(CC(=O)N(Cc2cccc(Cl)c2)[C@@H](C)C(=O)NC(C)(C)C)c2ccc(C)cc2)cc1Br. The summed E-state index contributed by atoms with van der Waals surface area (Å²) in [6.07, 6.45) is 0. The highest BCUT2D eigenvalue weighted by Crippen LogP contribution is 2.31. The monoisotopic (exact) mass is 663 g/mol. The summed E-state index contributed by atoms with van der Waals surface area (Å²) in [6.45, 7) is 8.56. The highest BCUT2D eigenvalue weighted by molar-refractivity contribution is 9.10. The molecule has 2 amide bonds. The minimum atomic E-state index is -4.22. The van der Waals surface area contributed by atoms with Crippen molar-refractivity contribution in [2.45, 2.75) is 57.6 Å². The highest BCUT2D eigenvalue weighted by Gasteiger charge is 2.33. The molecule has 0 saturated heterocycles. The van der Waals surface area contributed by atoms with Gasteiger partial charge in [-0.25, -0.2) is 8.42 Å². The van der Waals surface area contributed by atoms with Crippen LogP contribution in [0.3, 0.4) is 0 Å². The van der Waals surface area contributed by atoms with Gasteiger partial charge in [0, 0.05) is 17.1 Å². The van der Waals surface area contributed by atoms with Crippen LogP contribution in [0.25, 0.3) is 0 Å². The fraction of sp³-hybridized carbons (Fsp3) is 0.333. The van der Waals surface area contributed by atoms with Crippen LogP contribution in [0.1, 0.15) is 38.8 Å². The van der Waals surface area contributed by atoms with Crippen molar-refractivity contribution >= 4 is 55.1 Å². The molecule has 3 rings (SSSR count). The Morgan fingerprint density at radius 2 is 1.71 bits per heavy atom. The molecule has 0 aliphatic carbocycles. The third kappa shape index (κ3) is 8.47. The molecule has 1 atom stereocenters. The maximum absolute atomic E-state index is 14.0. The summed E-state index contributed by atoms with van der Waals surface area (Å²) in [5.74, 6) is -0.455. The summed E-state index contributed by atoms with van der Waals surface area (Å²) in [4.78, 5) is 28.5. The van der Waals surface area contributed by atoms with E-state index in [-0.39, 0.29) is 17.3 Å². The average molecular weight is 665 g/mol. The number of hydrogen-bond acceptors (Lipinski definition) is 5. The van der Waals surface area contributed by atoms with Crippen molar-refractivity contribution in [2.24, 2.45) is 0 Å². The lowest BCUT2D eigenvalue weighted by Crippen LogP contribution is -2.54. The third-order valence-electron chi connectivity index (χ3n) is 6.22. The van der Waals surface area contributed by atoms with Crippen LogP contribution in [0.15, 0.2) is 76.1 Å². The number of nitrogens with zero attached hydrogens (tertiary/aromatic N) is 2. The fourth-order valence-electron chi connectivity index (χ4n) is 4.06. The van der Waals surface area contributed by atoms with E-state index in [0.29, 0.717) is 26.5 Å². The molecule has 41 heavy (non-hydrogen) atoms. The molecule has 0 aliphatic heterocycles. The molecular weight excluding hydrogens is 630 g/mol. The molecule has 8 nitrogen and oxygen atoms in total. The van der Waals surface area contributed by atoms with Crippen LogP contribution in [-0.4, -0.2) is 50.4 Å². The molecule has 0 aromatic heterocycles. The van der Waals surface area contributed by atoms with E-state index >= 15 is 0 Å². The van der Waals surface area contributed by atoms with Crippen LogP contribution in [0.4, 0.5) is 5.69 Å². The molecule has 11 heteroatoms. The van der Waals surface area contributed by atoms with Gasteiger partial charge in [0.2, 0.25) is 11.8 Å². The molecule has 3 aromatic rings. The topological polar surface area (TPSA) is 96.0 Å². The molecule has 0 radical (unpaired) electrons. The van der Waals surface area contributed by atoms with Crippen LogP contribution in [0, 0.1) is 6.92 Å². The number of halogens is 2. The zero-order chi connectivity index (χ0) is 30.5. The number of carbonyl (C=O) groups is 2. The predicted octanol–water partition coefficient (Wildman–Crippen LogP) is 5.95. The zero-order valence-corrected chi connectivity index (χ0v) is 27.1. The molecule has 0 unspecified atom stereocenters. The van der Waals surface area contributed by atoms with Crippen LogP contribution in [0.5, 0.6) is 5.75 Å². The Hall–Kier alpha value is -3.08. The largest absolute Gasteiger partial charge is 0.496 e. The first kappa shape index (κ1) is 32.4. The summed E-state index contributed by atoms with van der Waals surface area (Å²) in [7, 11) is -2.74. The van der Waals surface area contributed by atoms with Gasteiger partial charge >= 0.3 is 0 Å². The van der Waals surface area contributed by atoms with Crippen molar-refractivity contribution in [3.05, 3.63) is 87.4 Å². The number of carbonyl (C=O) groups excluding carboxylic acids is 2. The number of hydrogen-bond donors (Lipinski definition) is 1. The van der Waals surface area contributed by atoms with E-state index in [1.807, 2.05) is 27.7 Å². The van der Waals surface area contributed by atoms with Crippen molar-refractivity contribution in [1.82, 2.24) is 10.2 Å². The normalized spacial score (nSPS) is 12.4. The van der Waals surface area contributed by atoms with Crippen molar-refractivity contribution < 1.29 is 22.7 Å². The minimum Gasteiger partial charge on any atom is -0.496 e. The lowest BCUT2D eigenvalue weighted by Gasteiger charge is -2.33. The number of nitrogens with one attached hydrogen (secondary N) is 1. The summed E-state index contributed by atoms with van der Waals surface area (Å²) < 4.78 is 34.8. The first-order chi connectivity index (χ1) is 19.1. The molecule has 3 aromatic carbocycles. The standard InChI is InChI=1S/C30H35BrClN3O5S/c1-20-10-12-24(13-11-20)35(41(38,39)25-14-15-27(40-6)26(31)17-25)19-28(36)34(18-22-8-7-9-23(32)16-22)21(2)29(37)33-30(3,4)5/h7-17,21H,18-19H2,1-6H3,(H,33,37)/t21-/m0/s1. The Morgan fingerprint density at radius 1 is 1.05 bits per heavy atom. The lowest BCUT2D eigenvalue weighted by molar-refractivity contribution is -0.140. The second-order valence-corrected chi connectivity index (χ2v) is 13.9. The molecule has 0 spiro atoms. The lowest BCUT2D eigenvalue weighted by atomic mass is 10.1. The quantitative estimate of drug-likeness (QED) is 0.289. The van der Waals surface area contributed by atoms with E-state index in [2.05, 4.69) is 21.2 Å². The third-order valence-corrected chi connectivity index (χ3v) is 8.84. The van der Waals surface area contributed by atoms with Gasteiger partial charge in [0.1, 0.15) is 18.3 Å². The molecule has 0 saturated carbocycles. The van der Waals surface area contributed by atoms with Crippen LogP contribution < -0.4 is 14.4 Å². The number of benzene rings is 3. The highest BCUT2D eigenvalue weighted by atomic mass is 79.9. The Morgan fingerprint density at radius 3 is 2.27 bits per heavy atom. The molecule has 0 bridgehead atoms. The molecule has 0 fully saturated rings. The van der Waals surface area contributed by atoms with E-state index in [4.69, 9.17) is 16.3 Å². The smallest absolute Gasteiger partial charge is 0.264 e. The Labute approximate surface area is 255 Å². The predicted molar refractivity (Wildman–Crippen MR) is 166 cm³/mol. The molecule has 0 aliphatic rings. The van der Waals surface area contributed by atoms with Crippen molar-refractivity contribution in [3.63, 3.8) is 0 Å². The van der Waals surface area contributed by atoms with Gasteiger partial charge < -0.3 is 15.0 Å². The van der Waals surface area contributed by atoms with E-state index in [9.17, 15) is 18.0 Å². The van der Waals surface area contributed by atoms with E-state index in [1.54, 1.807) is 55.5 Å². The van der Waals surface area contributed by atoms with E-state index in [0.717, 1.165) is 9.87 Å². The molecular formula is C30H35BrClN3O5S. The van der Waals surface area contributed by atoms with Gasteiger partial charge in [-0.1, -0.05) is 41.4 Å². The van der Waals surface area contributed by atoms with Gasteiger partial charge in [-0.15, -0.1) is 0 Å². The maximum Gasteiger partial charge on any atom is 0.264 e. The van der Waals surface area contributed by atoms with Gasteiger partial charge in [-0.2, -0.15) is 0 Å². The van der Waals surface area contributed by atoms with Crippen LogP contribution in [-0.2, 0) is 26.2 Å². The van der Waals surface area contributed by atoms with Gasteiger partial charge in [-0.05, 0) is 98.6 Å². The van der Waals surface area contributed by atoms with Gasteiger partial charge in [0.05, 0.1) is 22.2 Å². The number of rotatable bonds is 10. The Balaban J connectivity index is 2.06. The minimum absolute atomic E-state index is 0.0292. The molecule has 220 valence electrons. The summed E-state index contributed by atoms with van der Waals surface area (Å²) in [5, 5.41) is 3.39. The first-order valence-corrected chi connectivity index (χ1v) is 15.5. The van der Waals surface area contributed by atoms with Crippen LogP contribution >= 0.6 is 27.5 Å². The Kier molecular flexibility index (Phi) is 10.5. The maximum atomic E-state index is 14.0. The van der Waals surface area contributed by atoms with Gasteiger partial charge in [0.15, 0.2) is 0 Å². The average Bonchev–Trinajstić information content (AvgIpc) is 2.89. The number of sulfonamides is 1. The summed E-state index contributed by atoms with van der Waals surface area (Å²) >= 11 is 9.55. The summed E-state index contributed by atoms with van der Waals surface area (Å²) in [6, 6.07) is 17.3. The fourth-order valence-corrected chi connectivity index (χ4v) is 6.41. The number of aryl methyl sites for hydroxylation is 1. The molecule has 0 heterocycles. The second-order valence-electron chi connectivity index (χ2n) is 10.7. The summed E-state index contributed by atoms with van der Waals surface area (Å²) in [5.41, 5.74) is 1.41. The zero-order valence-electron chi connectivity index (χ0n) is 23.9. The van der Waals surface area contributed by atoms with Crippen molar-refractivity contribution in [1.29, 1.82) is 0 Å². The second kappa shape index (κ2) is 13.3. The van der Waals surface area contributed by atoms with Gasteiger partial charge in [-0.3, -0.25) is 13.9 Å². The number of amides is 2. The van der Waals surface area contributed by atoms with Crippen LogP contribution in [0.2, 0.25) is 5.02 Å². The first-order valence-electron chi connectivity index (χ1n) is 12.9. The van der Waals surface area contributed by atoms with Gasteiger partial charge in [0.25, 0.3) is 10.0 Å². The van der Waals surface area contributed by atoms with Crippen molar-refractivity contribution in [3.8, 4) is 5.75 Å². The Bertz CT molecular complexity index is 1510.